The number of benzene rings is 2. The number of amides is 1. The molecule has 0 saturated heterocycles. The van der Waals surface area contributed by atoms with Crippen molar-refractivity contribution in [1.29, 1.82) is 0 Å². The SMILES string of the molecule is COc1ccccc1/C=C/S(=O)(=O)O.Cc1cc(Br)ccc1C(N)=O. The number of nitrogens with two attached hydrogens (primary N) is 1. The zero-order valence-corrected chi connectivity index (χ0v) is 16.0. The molecule has 0 aliphatic rings. The van der Waals surface area contributed by atoms with Crippen LogP contribution in [0.1, 0.15) is 21.5 Å². The first kappa shape index (κ1) is 20.9. The lowest BCUT2D eigenvalue weighted by Crippen LogP contribution is -2.12. The third kappa shape index (κ3) is 7.51. The van der Waals surface area contributed by atoms with E-state index in [1.54, 1.807) is 36.4 Å². The van der Waals surface area contributed by atoms with Crippen LogP contribution in [0.2, 0.25) is 0 Å². The second kappa shape index (κ2) is 9.36. The second-order valence-electron chi connectivity index (χ2n) is 4.88. The molecule has 0 radical (unpaired) electrons. The van der Waals surface area contributed by atoms with E-state index in [0.717, 1.165) is 10.0 Å². The molecule has 0 saturated carbocycles. The van der Waals surface area contributed by atoms with Crippen molar-refractivity contribution in [3.05, 3.63) is 69.0 Å². The predicted molar refractivity (Wildman–Crippen MR) is 101 cm³/mol. The molecule has 3 N–H and O–H groups in total. The number of aryl methyl sites for hydroxylation is 1. The van der Waals surface area contributed by atoms with Crippen molar-refractivity contribution in [1.82, 2.24) is 0 Å². The largest absolute Gasteiger partial charge is 0.496 e. The van der Waals surface area contributed by atoms with E-state index in [2.05, 4.69) is 15.9 Å². The third-order valence-electron chi connectivity index (χ3n) is 3.01. The van der Waals surface area contributed by atoms with Gasteiger partial charge in [0.05, 0.1) is 12.5 Å². The van der Waals surface area contributed by atoms with Gasteiger partial charge in [-0.1, -0.05) is 34.1 Å². The van der Waals surface area contributed by atoms with Crippen molar-refractivity contribution in [2.45, 2.75) is 6.92 Å². The van der Waals surface area contributed by atoms with E-state index in [1.165, 1.54) is 13.2 Å². The highest BCUT2D eigenvalue weighted by atomic mass is 79.9. The number of hydrogen-bond donors (Lipinski definition) is 2. The number of para-hydroxylation sites is 1. The highest BCUT2D eigenvalue weighted by molar-refractivity contribution is 9.10. The first-order chi connectivity index (χ1) is 11.6. The summed E-state index contributed by atoms with van der Waals surface area (Å²) >= 11 is 3.29. The summed E-state index contributed by atoms with van der Waals surface area (Å²) in [7, 11) is -2.60. The van der Waals surface area contributed by atoms with E-state index in [9.17, 15) is 13.2 Å². The van der Waals surface area contributed by atoms with Crippen LogP contribution >= 0.6 is 15.9 Å². The molecule has 2 aromatic carbocycles. The Labute approximate surface area is 155 Å². The minimum atomic E-state index is -4.08. The third-order valence-corrected chi connectivity index (χ3v) is 3.99. The quantitative estimate of drug-likeness (QED) is 0.726. The minimum absolute atomic E-state index is 0.380. The molecule has 0 bridgehead atoms. The number of carbonyl (C=O) groups is 1. The topological polar surface area (TPSA) is 107 Å². The lowest BCUT2D eigenvalue weighted by Gasteiger charge is -2.02. The van der Waals surface area contributed by atoms with Crippen molar-refractivity contribution in [2.75, 3.05) is 7.11 Å². The molecule has 0 atom stereocenters. The number of ether oxygens (including phenoxy) is 1. The molecule has 2 rings (SSSR count). The summed E-state index contributed by atoms with van der Waals surface area (Å²) in [4.78, 5) is 10.7. The van der Waals surface area contributed by atoms with Crippen LogP contribution in [0.3, 0.4) is 0 Å². The maximum Gasteiger partial charge on any atom is 0.287 e. The molecule has 25 heavy (non-hydrogen) atoms. The van der Waals surface area contributed by atoms with Crippen LogP contribution in [0.4, 0.5) is 0 Å². The molecule has 0 aliphatic carbocycles. The minimum Gasteiger partial charge on any atom is -0.496 e. The molecule has 0 heterocycles. The molecule has 8 heteroatoms. The maximum absolute atomic E-state index is 10.7. The van der Waals surface area contributed by atoms with Crippen molar-refractivity contribution >= 4 is 38.0 Å². The van der Waals surface area contributed by atoms with Gasteiger partial charge in [0.25, 0.3) is 10.1 Å². The average Bonchev–Trinajstić information content (AvgIpc) is 2.52. The molecule has 134 valence electrons. The number of primary amides is 1. The Morgan fingerprint density at radius 3 is 2.40 bits per heavy atom. The normalized spacial score (nSPS) is 10.9. The van der Waals surface area contributed by atoms with Crippen molar-refractivity contribution < 1.29 is 22.5 Å². The van der Waals surface area contributed by atoms with Gasteiger partial charge in [0.1, 0.15) is 5.75 Å². The van der Waals surface area contributed by atoms with E-state index >= 15 is 0 Å². The van der Waals surface area contributed by atoms with Crippen molar-refractivity contribution in [2.24, 2.45) is 5.73 Å². The molecule has 6 nitrogen and oxygen atoms in total. The monoisotopic (exact) mass is 427 g/mol. The maximum atomic E-state index is 10.7. The average molecular weight is 428 g/mol. The van der Waals surface area contributed by atoms with E-state index in [-0.39, 0.29) is 5.91 Å². The van der Waals surface area contributed by atoms with Gasteiger partial charge in [0.2, 0.25) is 5.91 Å². The standard InChI is InChI=1S/C9H10O4S.C8H8BrNO/c1-13-9-5-3-2-4-8(9)6-7-14(10,11)12;1-5-4-6(9)2-3-7(5)8(10)11/h2-7H,1H3,(H,10,11,12);2-4H,1H3,(H2,10,11)/b7-6+;. The number of carbonyl (C=O) groups excluding carboxylic acids is 1. The summed E-state index contributed by atoms with van der Waals surface area (Å²) in [5, 5.41) is 0.713. The molecular weight excluding hydrogens is 410 g/mol. The Balaban J connectivity index is 0.000000257. The van der Waals surface area contributed by atoms with Crippen LogP contribution in [-0.4, -0.2) is 26.0 Å². The van der Waals surface area contributed by atoms with E-state index in [0.29, 0.717) is 22.3 Å². The van der Waals surface area contributed by atoms with E-state index < -0.39 is 10.1 Å². The summed E-state index contributed by atoms with van der Waals surface area (Å²) < 4.78 is 35.3. The van der Waals surface area contributed by atoms with Crippen LogP contribution in [0.25, 0.3) is 6.08 Å². The van der Waals surface area contributed by atoms with Gasteiger partial charge in [-0.3, -0.25) is 9.35 Å². The summed E-state index contributed by atoms with van der Waals surface area (Å²) in [6.07, 6.45) is 1.27. The van der Waals surface area contributed by atoms with Gasteiger partial charge in [-0.15, -0.1) is 0 Å². The highest BCUT2D eigenvalue weighted by Gasteiger charge is 2.03. The van der Waals surface area contributed by atoms with Crippen molar-refractivity contribution in [3.8, 4) is 5.75 Å². The molecule has 0 unspecified atom stereocenters. The number of methoxy groups -OCH3 is 1. The van der Waals surface area contributed by atoms with E-state index in [1.807, 2.05) is 13.0 Å². The lowest BCUT2D eigenvalue weighted by molar-refractivity contribution is 0.0999. The van der Waals surface area contributed by atoms with Gasteiger partial charge < -0.3 is 10.5 Å². The van der Waals surface area contributed by atoms with Crippen molar-refractivity contribution in [3.63, 3.8) is 0 Å². The molecule has 1 amide bonds. The van der Waals surface area contributed by atoms with Gasteiger partial charge >= 0.3 is 0 Å². The highest BCUT2D eigenvalue weighted by Crippen LogP contribution is 2.18. The fraction of sp³-hybridized carbons (Fsp3) is 0.118. The fourth-order valence-corrected chi connectivity index (χ4v) is 2.66. The van der Waals surface area contributed by atoms with Crippen LogP contribution in [-0.2, 0) is 10.1 Å². The lowest BCUT2D eigenvalue weighted by atomic mass is 10.1. The van der Waals surface area contributed by atoms with Crippen LogP contribution in [0.5, 0.6) is 5.75 Å². The summed E-state index contributed by atoms with van der Waals surface area (Å²) in [6.45, 7) is 1.85. The molecule has 2 aromatic rings. The number of hydrogen-bond acceptors (Lipinski definition) is 4. The molecule has 0 aliphatic heterocycles. The first-order valence-electron chi connectivity index (χ1n) is 6.98. The van der Waals surface area contributed by atoms with E-state index in [4.69, 9.17) is 15.0 Å². The Bertz CT molecular complexity index is 878. The molecule has 0 fully saturated rings. The summed E-state index contributed by atoms with van der Waals surface area (Å²) in [5.41, 5.74) is 7.17. The van der Waals surface area contributed by atoms with Crippen LogP contribution in [0, 0.1) is 6.92 Å². The Morgan fingerprint density at radius 1 is 1.24 bits per heavy atom. The van der Waals surface area contributed by atoms with Crippen LogP contribution < -0.4 is 10.5 Å². The number of halogens is 1. The zero-order valence-electron chi connectivity index (χ0n) is 13.6. The summed E-state index contributed by atoms with van der Waals surface area (Å²) in [5.74, 6) is 0.169. The van der Waals surface area contributed by atoms with Gasteiger partial charge in [0.15, 0.2) is 0 Å². The smallest absolute Gasteiger partial charge is 0.287 e. The van der Waals surface area contributed by atoms with Gasteiger partial charge in [-0.25, -0.2) is 0 Å². The van der Waals surface area contributed by atoms with Crippen LogP contribution in [0.15, 0.2) is 52.3 Å². The van der Waals surface area contributed by atoms with Gasteiger partial charge in [-0.05, 0) is 42.8 Å². The Morgan fingerprint density at radius 2 is 1.88 bits per heavy atom. The number of rotatable bonds is 4. The molecule has 0 aromatic heterocycles. The predicted octanol–water partition coefficient (Wildman–Crippen LogP) is 3.41. The second-order valence-corrected chi connectivity index (χ2v) is 7.10. The molecule has 0 spiro atoms. The summed E-state index contributed by atoms with van der Waals surface area (Å²) in [6, 6.07) is 12.3. The van der Waals surface area contributed by atoms with Gasteiger partial charge in [0, 0.05) is 15.6 Å². The Hall–Kier alpha value is -2.16. The Kier molecular flexibility index (Phi) is 7.82. The molecular formula is C17H18BrNO5S. The van der Waals surface area contributed by atoms with Gasteiger partial charge in [-0.2, -0.15) is 8.42 Å². The zero-order chi connectivity index (χ0) is 19.0. The fourth-order valence-electron chi connectivity index (χ4n) is 1.87. The first-order valence-corrected chi connectivity index (χ1v) is 9.28.